The van der Waals surface area contributed by atoms with Crippen molar-refractivity contribution in [1.29, 1.82) is 0 Å². The minimum Gasteiger partial charge on any atom is -0.540 e. The molecular formula is C18H24F3O5SSi. The maximum atomic E-state index is 13.0. The van der Waals surface area contributed by atoms with Crippen LogP contribution >= 0.6 is 0 Å². The molecule has 0 saturated heterocycles. The van der Waals surface area contributed by atoms with E-state index >= 15 is 0 Å². The first-order valence-corrected chi connectivity index (χ1v) is 12.3. The molecule has 28 heavy (non-hydrogen) atoms. The molecule has 0 spiro atoms. The van der Waals surface area contributed by atoms with Crippen molar-refractivity contribution in [1.82, 2.24) is 0 Å². The first kappa shape index (κ1) is 22.6. The van der Waals surface area contributed by atoms with E-state index in [9.17, 15) is 21.6 Å². The SMILES string of the molecule is C[Si](C)OC1=C(OS(=O)(=O)C(F)(F)F)c2ccc(C(C)(C)C)cc2OC1(C)C. The van der Waals surface area contributed by atoms with Gasteiger partial charge in [0.25, 0.3) is 9.04 Å². The van der Waals surface area contributed by atoms with Crippen LogP contribution in [0.4, 0.5) is 13.2 Å². The second kappa shape index (κ2) is 6.98. The molecule has 10 heteroatoms. The van der Waals surface area contributed by atoms with Crippen molar-refractivity contribution >= 4 is 24.9 Å². The zero-order valence-corrected chi connectivity index (χ0v) is 18.6. The molecule has 0 unspecified atom stereocenters. The molecule has 0 N–H and O–H groups in total. The second-order valence-corrected chi connectivity index (χ2v) is 11.8. The zero-order valence-electron chi connectivity index (χ0n) is 16.8. The fraction of sp³-hybridized carbons (Fsp3) is 0.556. The summed E-state index contributed by atoms with van der Waals surface area (Å²) in [7, 11) is -7.33. The third-order valence-electron chi connectivity index (χ3n) is 3.99. The van der Waals surface area contributed by atoms with E-state index in [2.05, 4.69) is 4.18 Å². The van der Waals surface area contributed by atoms with Crippen LogP contribution in [0.25, 0.3) is 5.76 Å². The van der Waals surface area contributed by atoms with Gasteiger partial charge in [0.2, 0.25) is 0 Å². The molecule has 0 fully saturated rings. The van der Waals surface area contributed by atoms with Crippen LogP contribution in [0.2, 0.25) is 13.1 Å². The van der Waals surface area contributed by atoms with Crippen molar-refractivity contribution in [2.45, 2.75) is 64.2 Å². The number of rotatable bonds is 4. The highest BCUT2D eigenvalue weighted by atomic mass is 32.2. The van der Waals surface area contributed by atoms with Gasteiger partial charge in [0.1, 0.15) is 5.75 Å². The Hall–Kier alpha value is -1.68. The first-order chi connectivity index (χ1) is 12.5. The second-order valence-electron chi connectivity index (χ2n) is 8.23. The molecule has 1 aliphatic heterocycles. The molecule has 1 heterocycles. The molecule has 1 radical (unpaired) electrons. The fourth-order valence-electron chi connectivity index (χ4n) is 2.59. The van der Waals surface area contributed by atoms with Gasteiger partial charge in [0.15, 0.2) is 17.1 Å². The number of ether oxygens (including phenoxy) is 1. The van der Waals surface area contributed by atoms with Crippen LogP contribution in [-0.2, 0) is 24.1 Å². The van der Waals surface area contributed by atoms with E-state index in [1.54, 1.807) is 39.1 Å². The summed E-state index contributed by atoms with van der Waals surface area (Å²) >= 11 is 0. The third-order valence-corrected chi connectivity index (χ3v) is 5.56. The van der Waals surface area contributed by atoms with Gasteiger partial charge in [-0.3, -0.25) is 0 Å². The monoisotopic (exact) mass is 437 g/mol. The smallest absolute Gasteiger partial charge is 0.534 e. The molecule has 1 aromatic rings. The van der Waals surface area contributed by atoms with Gasteiger partial charge in [-0.05, 0) is 50.1 Å². The predicted octanol–water partition coefficient (Wildman–Crippen LogP) is 4.96. The Morgan fingerprint density at radius 1 is 1.11 bits per heavy atom. The molecule has 1 aromatic carbocycles. The van der Waals surface area contributed by atoms with Crippen molar-refractivity contribution in [3.05, 3.63) is 35.1 Å². The average Bonchev–Trinajstić information content (AvgIpc) is 2.47. The summed E-state index contributed by atoms with van der Waals surface area (Å²) in [6.45, 7) is 12.6. The minimum atomic E-state index is -5.88. The molecule has 0 saturated carbocycles. The summed E-state index contributed by atoms with van der Waals surface area (Å²) < 4.78 is 78.6. The lowest BCUT2D eigenvalue weighted by molar-refractivity contribution is -0.0512. The molecule has 0 aliphatic carbocycles. The molecule has 157 valence electrons. The van der Waals surface area contributed by atoms with E-state index in [0.717, 1.165) is 5.56 Å². The maximum absolute atomic E-state index is 13.0. The lowest BCUT2D eigenvalue weighted by Gasteiger charge is -2.37. The molecule has 0 aromatic heterocycles. The van der Waals surface area contributed by atoms with Crippen molar-refractivity contribution < 1.29 is 34.9 Å². The van der Waals surface area contributed by atoms with Crippen LogP contribution in [0.1, 0.15) is 45.7 Å². The normalized spacial score (nSPS) is 17.2. The van der Waals surface area contributed by atoms with Crippen LogP contribution < -0.4 is 4.74 Å². The molecular weight excluding hydrogens is 413 g/mol. The third kappa shape index (κ3) is 4.48. The maximum Gasteiger partial charge on any atom is 0.534 e. The van der Waals surface area contributed by atoms with Crippen LogP contribution in [0, 0.1) is 0 Å². The Kier molecular flexibility index (Phi) is 5.63. The van der Waals surface area contributed by atoms with Gasteiger partial charge in [0, 0.05) is 0 Å². The topological polar surface area (TPSA) is 61.8 Å². The Balaban J connectivity index is 2.74. The van der Waals surface area contributed by atoms with Gasteiger partial charge in [-0.15, -0.1) is 0 Å². The molecule has 0 amide bonds. The highest BCUT2D eigenvalue weighted by Crippen LogP contribution is 2.45. The number of hydrogen-bond donors (Lipinski definition) is 0. The van der Waals surface area contributed by atoms with Gasteiger partial charge in [-0.2, -0.15) is 21.6 Å². The molecule has 0 atom stereocenters. The number of halogens is 3. The average molecular weight is 438 g/mol. The standard InChI is InChI=1S/C18H24F3O5SSi/c1-16(2,3)11-8-9-12-13(10-11)24-17(4,5)15(26-28(6)7)14(12)25-27(22,23)18(19,20)21/h8-10H,1-7H3. The summed E-state index contributed by atoms with van der Waals surface area (Å²) in [6.07, 6.45) is 0. The van der Waals surface area contributed by atoms with Gasteiger partial charge in [-0.25, -0.2) is 0 Å². The lowest BCUT2D eigenvalue weighted by atomic mass is 9.85. The minimum absolute atomic E-state index is 0.0739. The number of fused-ring (bicyclic) bond motifs is 1. The van der Waals surface area contributed by atoms with Crippen molar-refractivity contribution in [2.75, 3.05) is 0 Å². The molecule has 0 bridgehead atoms. The summed E-state index contributed by atoms with van der Waals surface area (Å²) in [5, 5.41) is 0. The highest BCUT2D eigenvalue weighted by Gasteiger charge is 2.51. The predicted molar refractivity (Wildman–Crippen MR) is 101 cm³/mol. The zero-order chi connectivity index (χ0) is 21.7. The van der Waals surface area contributed by atoms with Gasteiger partial charge >= 0.3 is 15.6 Å². The summed E-state index contributed by atoms with van der Waals surface area (Å²) in [6, 6.07) is 4.88. The van der Waals surface area contributed by atoms with E-state index < -0.39 is 36.0 Å². The van der Waals surface area contributed by atoms with Gasteiger partial charge < -0.3 is 13.3 Å². The lowest BCUT2D eigenvalue weighted by Crippen LogP contribution is -2.39. The first-order valence-electron chi connectivity index (χ1n) is 8.53. The van der Waals surface area contributed by atoms with E-state index in [4.69, 9.17) is 9.16 Å². The largest absolute Gasteiger partial charge is 0.540 e. The van der Waals surface area contributed by atoms with Crippen molar-refractivity contribution in [3.8, 4) is 5.75 Å². The summed E-state index contributed by atoms with van der Waals surface area (Å²) in [4.78, 5) is 0. The van der Waals surface area contributed by atoms with Crippen LogP contribution in [0.3, 0.4) is 0 Å². The number of benzene rings is 1. The van der Waals surface area contributed by atoms with Gasteiger partial charge in [-0.1, -0.05) is 26.8 Å². The quantitative estimate of drug-likeness (QED) is 0.379. The fourth-order valence-corrected chi connectivity index (χ4v) is 3.82. The van der Waals surface area contributed by atoms with E-state index in [1.165, 1.54) is 6.07 Å². The summed E-state index contributed by atoms with van der Waals surface area (Å²) in [5.74, 6) is -0.330. The Morgan fingerprint density at radius 3 is 2.14 bits per heavy atom. The van der Waals surface area contributed by atoms with Crippen molar-refractivity contribution in [2.24, 2.45) is 0 Å². The van der Waals surface area contributed by atoms with E-state index in [0.29, 0.717) is 0 Å². The van der Waals surface area contributed by atoms with Crippen LogP contribution in [0.15, 0.2) is 24.0 Å². The summed E-state index contributed by atoms with van der Waals surface area (Å²) in [5.41, 5.74) is -6.06. The Labute approximate surface area is 165 Å². The van der Waals surface area contributed by atoms with Crippen LogP contribution in [-0.4, -0.2) is 28.6 Å². The Bertz CT molecular complexity index is 897. The van der Waals surface area contributed by atoms with Crippen LogP contribution in [0.5, 0.6) is 5.75 Å². The van der Waals surface area contributed by atoms with E-state index in [1.807, 2.05) is 20.8 Å². The number of hydrogen-bond acceptors (Lipinski definition) is 5. The Morgan fingerprint density at radius 2 is 1.68 bits per heavy atom. The van der Waals surface area contributed by atoms with Crippen molar-refractivity contribution in [3.63, 3.8) is 0 Å². The molecule has 5 nitrogen and oxygen atoms in total. The van der Waals surface area contributed by atoms with E-state index in [-0.39, 0.29) is 22.5 Å². The highest BCUT2D eigenvalue weighted by molar-refractivity contribution is 7.87. The number of alkyl halides is 3. The molecule has 1 aliphatic rings. The van der Waals surface area contributed by atoms with Gasteiger partial charge in [0.05, 0.1) is 5.56 Å². The molecule has 2 rings (SSSR count).